The van der Waals surface area contributed by atoms with Gasteiger partial charge in [0.25, 0.3) is 10.0 Å². The first-order valence-corrected chi connectivity index (χ1v) is 12.3. The van der Waals surface area contributed by atoms with Crippen LogP contribution < -0.4 is 9.46 Å². The number of sulfonamides is 1. The Morgan fingerprint density at radius 1 is 0.882 bits per heavy atom. The Morgan fingerprint density at radius 2 is 1.59 bits per heavy atom. The number of aryl methyl sites for hydroxylation is 3. The minimum Gasteiger partial charge on any atom is -0.438 e. The Kier molecular flexibility index (Phi) is 6.13. The first-order chi connectivity index (χ1) is 16.1. The van der Waals surface area contributed by atoms with Crippen LogP contribution in [-0.4, -0.2) is 38.2 Å². The van der Waals surface area contributed by atoms with Crippen LogP contribution in [0.2, 0.25) is 0 Å². The maximum absolute atomic E-state index is 12.9. The first kappa shape index (κ1) is 23.4. The molecule has 0 unspecified atom stereocenters. The number of hydrogen-bond donors (Lipinski definition) is 1. The van der Waals surface area contributed by atoms with Crippen molar-refractivity contribution in [1.29, 1.82) is 0 Å². The second kappa shape index (κ2) is 8.90. The summed E-state index contributed by atoms with van der Waals surface area (Å²) in [6.45, 7) is 11.9. The lowest BCUT2D eigenvalue weighted by Crippen LogP contribution is -2.15. The standard InChI is InChI=1S/C23H27N7O3S/c1-7-29-18(6)23(16(4)26-29)34(31,32)28-19-8-10-20(11-9-19)33-22-13-12-21(24-25-22)30-17(5)14(2)15(3)27-30/h8-13,28H,7H2,1-6H3. The van der Waals surface area contributed by atoms with Gasteiger partial charge in [-0.1, -0.05) is 0 Å². The number of anilines is 1. The van der Waals surface area contributed by atoms with E-state index < -0.39 is 10.0 Å². The van der Waals surface area contributed by atoms with Crippen molar-refractivity contribution in [3.63, 3.8) is 0 Å². The summed E-state index contributed by atoms with van der Waals surface area (Å²) >= 11 is 0. The molecule has 10 nitrogen and oxygen atoms in total. The van der Waals surface area contributed by atoms with Crippen LogP contribution >= 0.6 is 0 Å². The molecule has 11 heteroatoms. The molecule has 178 valence electrons. The van der Waals surface area contributed by atoms with Crippen LogP contribution in [0.5, 0.6) is 11.6 Å². The molecule has 0 fully saturated rings. The summed E-state index contributed by atoms with van der Waals surface area (Å²) in [5.74, 6) is 1.41. The summed E-state index contributed by atoms with van der Waals surface area (Å²) in [4.78, 5) is 0.197. The number of aromatic nitrogens is 6. The highest BCUT2D eigenvalue weighted by molar-refractivity contribution is 7.92. The van der Waals surface area contributed by atoms with Crippen molar-refractivity contribution >= 4 is 15.7 Å². The highest BCUT2D eigenvalue weighted by Gasteiger charge is 2.24. The van der Waals surface area contributed by atoms with Gasteiger partial charge in [-0.05, 0) is 77.4 Å². The van der Waals surface area contributed by atoms with Crippen molar-refractivity contribution in [3.8, 4) is 17.4 Å². The van der Waals surface area contributed by atoms with E-state index in [4.69, 9.17) is 4.74 Å². The van der Waals surface area contributed by atoms with Gasteiger partial charge in [-0.3, -0.25) is 9.40 Å². The lowest BCUT2D eigenvalue weighted by molar-refractivity contribution is 0.454. The van der Waals surface area contributed by atoms with Gasteiger partial charge < -0.3 is 4.74 Å². The molecule has 1 N–H and O–H groups in total. The van der Waals surface area contributed by atoms with Crippen LogP contribution in [0.3, 0.4) is 0 Å². The highest BCUT2D eigenvalue weighted by atomic mass is 32.2. The monoisotopic (exact) mass is 481 g/mol. The summed E-state index contributed by atoms with van der Waals surface area (Å²) < 4.78 is 37.6. The maximum Gasteiger partial charge on any atom is 0.265 e. The Morgan fingerprint density at radius 3 is 2.12 bits per heavy atom. The number of nitrogens with one attached hydrogen (secondary N) is 1. The third-order valence-corrected chi connectivity index (χ3v) is 7.34. The molecular weight excluding hydrogens is 454 g/mol. The van der Waals surface area contributed by atoms with E-state index >= 15 is 0 Å². The van der Waals surface area contributed by atoms with Gasteiger partial charge in [0.2, 0.25) is 5.88 Å². The van der Waals surface area contributed by atoms with Crippen LogP contribution in [0.25, 0.3) is 5.82 Å². The van der Waals surface area contributed by atoms with E-state index in [-0.39, 0.29) is 4.90 Å². The first-order valence-electron chi connectivity index (χ1n) is 10.8. The predicted molar refractivity (Wildman–Crippen MR) is 128 cm³/mol. The molecule has 0 saturated heterocycles. The summed E-state index contributed by atoms with van der Waals surface area (Å²) in [7, 11) is -3.78. The smallest absolute Gasteiger partial charge is 0.265 e. The quantitative estimate of drug-likeness (QED) is 0.424. The molecule has 0 aliphatic rings. The van der Waals surface area contributed by atoms with Crippen LogP contribution in [0, 0.1) is 34.6 Å². The second-order valence-corrected chi connectivity index (χ2v) is 9.60. The molecule has 1 aromatic carbocycles. The molecule has 0 saturated carbocycles. The van der Waals surface area contributed by atoms with Crippen LogP contribution in [0.1, 0.15) is 35.3 Å². The van der Waals surface area contributed by atoms with Crippen molar-refractivity contribution in [1.82, 2.24) is 29.8 Å². The normalized spacial score (nSPS) is 11.6. The molecule has 0 aliphatic heterocycles. The molecule has 0 spiro atoms. The van der Waals surface area contributed by atoms with Gasteiger partial charge in [0.05, 0.1) is 17.1 Å². The van der Waals surface area contributed by atoms with Gasteiger partial charge in [-0.15, -0.1) is 10.2 Å². The van der Waals surface area contributed by atoms with E-state index in [1.165, 1.54) is 0 Å². The summed E-state index contributed by atoms with van der Waals surface area (Å²) in [5.41, 5.74) is 4.54. The Labute approximate surface area is 198 Å². The molecule has 0 atom stereocenters. The van der Waals surface area contributed by atoms with E-state index in [0.717, 1.165) is 17.0 Å². The fourth-order valence-corrected chi connectivity index (χ4v) is 5.19. The van der Waals surface area contributed by atoms with Crippen LogP contribution in [0.15, 0.2) is 41.3 Å². The van der Waals surface area contributed by atoms with E-state index in [9.17, 15) is 8.42 Å². The molecule has 0 bridgehead atoms. The Balaban J connectivity index is 1.47. The summed E-state index contributed by atoms with van der Waals surface area (Å²) in [6.07, 6.45) is 0. The van der Waals surface area contributed by atoms with Crippen LogP contribution in [0.4, 0.5) is 5.69 Å². The topological polar surface area (TPSA) is 117 Å². The lowest BCUT2D eigenvalue weighted by Gasteiger charge is -2.10. The zero-order chi connectivity index (χ0) is 24.6. The molecule has 3 heterocycles. The van der Waals surface area contributed by atoms with Crippen molar-refractivity contribution < 1.29 is 13.2 Å². The average Bonchev–Trinajstić information content (AvgIpc) is 3.24. The fraction of sp³-hybridized carbons (Fsp3) is 0.304. The minimum absolute atomic E-state index is 0.197. The molecule has 0 radical (unpaired) electrons. The van der Waals surface area contributed by atoms with Gasteiger partial charge in [-0.25, -0.2) is 13.1 Å². The Bertz CT molecular complexity index is 1440. The van der Waals surface area contributed by atoms with Gasteiger partial charge in [0.15, 0.2) is 5.82 Å². The average molecular weight is 482 g/mol. The second-order valence-electron chi connectivity index (χ2n) is 7.99. The number of benzene rings is 1. The molecule has 4 rings (SSSR count). The molecule has 4 aromatic rings. The largest absolute Gasteiger partial charge is 0.438 e. The fourth-order valence-electron chi connectivity index (χ4n) is 3.72. The van der Waals surface area contributed by atoms with Crippen molar-refractivity contribution in [2.45, 2.75) is 53.0 Å². The molecule has 34 heavy (non-hydrogen) atoms. The highest BCUT2D eigenvalue weighted by Crippen LogP contribution is 2.26. The molecular formula is C23H27N7O3S. The predicted octanol–water partition coefficient (Wildman–Crippen LogP) is 4.01. The third kappa shape index (κ3) is 4.38. The zero-order valence-corrected chi connectivity index (χ0v) is 20.8. The molecule has 0 aliphatic carbocycles. The third-order valence-electron chi connectivity index (χ3n) is 5.71. The Hall–Kier alpha value is -3.73. The number of rotatable bonds is 7. The minimum atomic E-state index is -3.78. The van der Waals surface area contributed by atoms with Crippen molar-refractivity contribution in [2.24, 2.45) is 0 Å². The van der Waals surface area contributed by atoms with E-state index in [2.05, 4.69) is 25.1 Å². The summed E-state index contributed by atoms with van der Waals surface area (Å²) in [5, 5.41) is 17.1. The number of ether oxygens (including phenoxy) is 1. The molecule has 0 amide bonds. The lowest BCUT2D eigenvalue weighted by atomic mass is 10.2. The SMILES string of the molecule is CCn1nc(C)c(S(=O)(=O)Nc2ccc(Oc3ccc(-n4nc(C)c(C)c4C)nn3)cc2)c1C. The van der Waals surface area contributed by atoms with Gasteiger partial charge in [-0.2, -0.15) is 10.2 Å². The zero-order valence-electron chi connectivity index (χ0n) is 20.0. The van der Waals surface area contributed by atoms with Gasteiger partial charge in [0.1, 0.15) is 10.6 Å². The molecule has 3 aromatic heterocycles. The van der Waals surface area contributed by atoms with Crippen molar-refractivity contribution in [2.75, 3.05) is 4.72 Å². The van der Waals surface area contributed by atoms with E-state index in [0.29, 0.717) is 41.1 Å². The van der Waals surface area contributed by atoms with Crippen molar-refractivity contribution in [3.05, 3.63) is 64.7 Å². The number of hydrogen-bond acceptors (Lipinski definition) is 7. The van der Waals surface area contributed by atoms with E-state index in [1.807, 2.05) is 27.7 Å². The van der Waals surface area contributed by atoms with E-state index in [1.54, 1.807) is 59.6 Å². The summed E-state index contributed by atoms with van der Waals surface area (Å²) in [6, 6.07) is 10.1. The van der Waals surface area contributed by atoms with Gasteiger partial charge >= 0.3 is 0 Å². The van der Waals surface area contributed by atoms with Crippen LogP contribution in [-0.2, 0) is 16.6 Å². The van der Waals surface area contributed by atoms with Gasteiger partial charge in [0, 0.05) is 24.0 Å². The maximum atomic E-state index is 12.9. The number of nitrogens with zero attached hydrogens (tertiary/aromatic N) is 6.